The average molecular weight is 373 g/mol. The standard InChI is InChI=1S/C19H21BrN2O/c20-16-3-1-15(2-4-16)18-22-21-17(23-18)11-19-8-12-5-13(9-19)7-14(6-12)10-19/h1-4,12-14H,5-11H2. The summed E-state index contributed by atoms with van der Waals surface area (Å²) in [5.74, 6) is 4.39. The van der Waals surface area contributed by atoms with E-state index in [1.165, 1.54) is 38.5 Å². The van der Waals surface area contributed by atoms with Crippen LogP contribution in [0.2, 0.25) is 0 Å². The lowest BCUT2D eigenvalue weighted by Crippen LogP contribution is -2.47. The van der Waals surface area contributed by atoms with E-state index in [1.54, 1.807) is 0 Å². The third-order valence-electron chi connectivity index (χ3n) is 6.25. The summed E-state index contributed by atoms with van der Waals surface area (Å²) in [7, 11) is 0. The molecule has 120 valence electrons. The van der Waals surface area contributed by atoms with E-state index in [4.69, 9.17) is 4.42 Å². The topological polar surface area (TPSA) is 38.9 Å². The van der Waals surface area contributed by atoms with Gasteiger partial charge in [0.1, 0.15) is 0 Å². The van der Waals surface area contributed by atoms with Crippen LogP contribution in [0.15, 0.2) is 33.2 Å². The smallest absolute Gasteiger partial charge is 0.247 e. The molecule has 0 atom stereocenters. The first-order valence-corrected chi connectivity index (χ1v) is 9.55. The van der Waals surface area contributed by atoms with Gasteiger partial charge in [0.05, 0.1) is 0 Å². The van der Waals surface area contributed by atoms with Gasteiger partial charge in [0.2, 0.25) is 11.8 Å². The van der Waals surface area contributed by atoms with E-state index in [2.05, 4.69) is 26.1 Å². The third kappa shape index (κ3) is 2.55. The van der Waals surface area contributed by atoms with E-state index in [1.807, 2.05) is 24.3 Å². The summed E-state index contributed by atoms with van der Waals surface area (Å²) < 4.78 is 7.08. The van der Waals surface area contributed by atoms with Crippen LogP contribution in [-0.2, 0) is 6.42 Å². The molecule has 0 amide bonds. The molecule has 3 nitrogen and oxygen atoms in total. The van der Waals surface area contributed by atoms with Crippen LogP contribution in [-0.4, -0.2) is 10.2 Å². The van der Waals surface area contributed by atoms with E-state index in [9.17, 15) is 0 Å². The Labute approximate surface area is 145 Å². The molecule has 6 rings (SSSR count). The molecular weight excluding hydrogens is 352 g/mol. The van der Waals surface area contributed by atoms with Crippen LogP contribution < -0.4 is 0 Å². The molecule has 4 saturated carbocycles. The lowest BCUT2D eigenvalue weighted by molar-refractivity contribution is -0.0550. The summed E-state index contributed by atoms with van der Waals surface area (Å²) in [6.07, 6.45) is 9.58. The molecule has 4 fully saturated rings. The molecule has 4 bridgehead atoms. The van der Waals surface area contributed by atoms with Gasteiger partial charge in [-0.15, -0.1) is 10.2 Å². The van der Waals surface area contributed by atoms with Crippen LogP contribution >= 0.6 is 15.9 Å². The normalized spacial score (nSPS) is 34.9. The molecule has 2 aromatic rings. The molecule has 23 heavy (non-hydrogen) atoms. The zero-order valence-electron chi connectivity index (χ0n) is 13.2. The predicted molar refractivity (Wildman–Crippen MR) is 91.7 cm³/mol. The second-order valence-electron chi connectivity index (χ2n) is 8.10. The fourth-order valence-corrected chi connectivity index (χ4v) is 6.13. The zero-order valence-corrected chi connectivity index (χ0v) is 14.8. The van der Waals surface area contributed by atoms with Gasteiger partial charge in [-0.3, -0.25) is 0 Å². The first kappa shape index (κ1) is 14.2. The van der Waals surface area contributed by atoms with E-state index >= 15 is 0 Å². The Morgan fingerprint density at radius 2 is 1.57 bits per heavy atom. The fourth-order valence-electron chi connectivity index (χ4n) is 5.86. The highest BCUT2D eigenvalue weighted by Gasteiger charge is 2.51. The molecule has 0 N–H and O–H groups in total. The van der Waals surface area contributed by atoms with Gasteiger partial charge in [-0.1, -0.05) is 15.9 Å². The van der Waals surface area contributed by atoms with Crippen molar-refractivity contribution >= 4 is 15.9 Å². The van der Waals surface area contributed by atoms with Crippen molar-refractivity contribution in [2.45, 2.75) is 44.9 Å². The summed E-state index contributed by atoms with van der Waals surface area (Å²) in [6.45, 7) is 0. The first-order chi connectivity index (χ1) is 11.2. The number of aromatic nitrogens is 2. The Morgan fingerprint density at radius 1 is 0.957 bits per heavy atom. The van der Waals surface area contributed by atoms with Crippen LogP contribution in [0, 0.1) is 23.2 Å². The molecular formula is C19H21BrN2O. The van der Waals surface area contributed by atoms with Crippen LogP contribution in [0.5, 0.6) is 0 Å². The zero-order chi connectivity index (χ0) is 15.4. The molecule has 0 saturated heterocycles. The van der Waals surface area contributed by atoms with Crippen molar-refractivity contribution in [3.05, 3.63) is 34.6 Å². The molecule has 4 aliphatic rings. The largest absolute Gasteiger partial charge is 0.421 e. The minimum Gasteiger partial charge on any atom is -0.421 e. The van der Waals surface area contributed by atoms with Crippen molar-refractivity contribution in [2.24, 2.45) is 23.2 Å². The van der Waals surface area contributed by atoms with Crippen molar-refractivity contribution in [1.82, 2.24) is 10.2 Å². The summed E-state index contributed by atoms with van der Waals surface area (Å²) >= 11 is 3.46. The number of hydrogen-bond donors (Lipinski definition) is 0. The maximum Gasteiger partial charge on any atom is 0.247 e. The number of hydrogen-bond acceptors (Lipinski definition) is 3. The van der Waals surface area contributed by atoms with E-state index in [0.717, 1.165) is 40.1 Å². The minimum absolute atomic E-state index is 0.457. The first-order valence-electron chi connectivity index (χ1n) is 8.76. The number of rotatable bonds is 3. The molecule has 4 heteroatoms. The SMILES string of the molecule is Brc1ccc(-c2nnc(CC34CC5CC(CC(C5)C3)C4)o2)cc1. The second-order valence-corrected chi connectivity index (χ2v) is 9.02. The Hall–Kier alpha value is -1.16. The number of halogens is 1. The Morgan fingerprint density at radius 3 is 2.17 bits per heavy atom. The van der Waals surface area contributed by atoms with Gasteiger partial charge < -0.3 is 4.42 Å². The summed E-state index contributed by atoms with van der Waals surface area (Å²) in [5.41, 5.74) is 1.45. The summed E-state index contributed by atoms with van der Waals surface area (Å²) in [6, 6.07) is 8.06. The van der Waals surface area contributed by atoms with Crippen LogP contribution in [0.3, 0.4) is 0 Å². The van der Waals surface area contributed by atoms with Crippen molar-refractivity contribution in [3.8, 4) is 11.5 Å². The van der Waals surface area contributed by atoms with Crippen LogP contribution in [0.4, 0.5) is 0 Å². The minimum atomic E-state index is 0.457. The third-order valence-corrected chi connectivity index (χ3v) is 6.78. The highest BCUT2D eigenvalue weighted by atomic mass is 79.9. The van der Waals surface area contributed by atoms with Crippen molar-refractivity contribution in [1.29, 1.82) is 0 Å². The molecule has 0 spiro atoms. The molecule has 0 unspecified atom stereocenters. The lowest BCUT2D eigenvalue weighted by Gasteiger charge is -2.56. The summed E-state index contributed by atoms with van der Waals surface area (Å²) in [5, 5.41) is 8.65. The van der Waals surface area contributed by atoms with Gasteiger partial charge in [-0.25, -0.2) is 0 Å². The van der Waals surface area contributed by atoms with Crippen molar-refractivity contribution in [2.75, 3.05) is 0 Å². The quantitative estimate of drug-likeness (QED) is 0.737. The van der Waals surface area contributed by atoms with Gasteiger partial charge in [-0.2, -0.15) is 0 Å². The molecule has 1 aromatic carbocycles. The van der Waals surface area contributed by atoms with Gasteiger partial charge in [0.15, 0.2) is 0 Å². The van der Waals surface area contributed by atoms with Crippen LogP contribution in [0.1, 0.15) is 44.4 Å². The molecule has 4 aliphatic carbocycles. The lowest BCUT2D eigenvalue weighted by atomic mass is 9.49. The average Bonchev–Trinajstić information content (AvgIpc) is 2.94. The van der Waals surface area contributed by atoms with Gasteiger partial charge in [0, 0.05) is 16.5 Å². The maximum atomic E-state index is 6.01. The van der Waals surface area contributed by atoms with E-state index < -0.39 is 0 Å². The number of benzene rings is 1. The molecule has 0 radical (unpaired) electrons. The molecule has 1 heterocycles. The van der Waals surface area contributed by atoms with E-state index in [-0.39, 0.29) is 0 Å². The monoisotopic (exact) mass is 372 g/mol. The van der Waals surface area contributed by atoms with Gasteiger partial charge >= 0.3 is 0 Å². The van der Waals surface area contributed by atoms with Crippen molar-refractivity contribution < 1.29 is 4.42 Å². The Kier molecular flexibility index (Phi) is 3.19. The Balaban J connectivity index is 1.38. The van der Waals surface area contributed by atoms with Crippen LogP contribution in [0.25, 0.3) is 11.5 Å². The Bertz CT molecular complexity index is 686. The molecule has 0 aliphatic heterocycles. The van der Waals surface area contributed by atoms with Crippen molar-refractivity contribution in [3.63, 3.8) is 0 Å². The summed E-state index contributed by atoms with van der Waals surface area (Å²) in [4.78, 5) is 0. The second kappa shape index (κ2) is 5.17. The van der Waals surface area contributed by atoms with Gasteiger partial charge in [0.25, 0.3) is 0 Å². The van der Waals surface area contributed by atoms with Gasteiger partial charge in [-0.05, 0) is 86.0 Å². The highest BCUT2D eigenvalue weighted by Crippen LogP contribution is 2.60. The molecule has 1 aromatic heterocycles. The fraction of sp³-hybridized carbons (Fsp3) is 0.579. The maximum absolute atomic E-state index is 6.01. The number of nitrogens with zero attached hydrogens (tertiary/aromatic N) is 2. The van der Waals surface area contributed by atoms with E-state index in [0.29, 0.717) is 11.3 Å². The highest BCUT2D eigenvalue weighted by molar-refractivity contribution is 9.10. The predicted octanol–water partition coefficient (Wildman–Crippen LogP) is 5.26.